The molecule has 0 amide bonds. The number of hydrogen-bond acceptors (Lipinski definition) is 5. The van der Waals surface area contributed by atoms with Crippen molar-refractivity contribution >= 4 is 52.6 Å². The van der Waals surface area contributed by atoms with E-state index in [-0.39, 0.29) is 24.0 Å². The summed E-state index contributed by atoms with van der Waals surface area (Å²) >= 11 is 3.57. The van der Waals surface area contributed by atoms with Gasteiger partial charge < -0.3 is 15.5 Å². The summed E-state index contributed by atoms with van der Waals surface area (Å²) in [5.74, 6) is 0.836. The van der Waals surface area contributed by atoms with E-state index in [1.807, 2.05) is 7.05 Å². The van der Waals surface area contributed by atoms with Crippen LogP contribution in [0.4, 0.5) is 0 Å². The summed E-state index contributed by atoms with van der Waals surface area (Å²) in [5.41, 5.74) is 1.14. The Labute approximate surface area is 176 Å². The van der Waals surface area contributed by atoms with Gasteiger partial charge in [0.05, 0.1) is 16.7 Å². The number of aliphatic imine (C=N–C) groups is 1. The summed E-state index contributed by atoms with van der Waals surface area (Å²) in [6, 6.07) is 4.62. The monoisotopic (exact) mass is 493 g/mol. The van der Waals surface area contributed by atoms with Crippen LogP contribution in [0.15, 0.2) is 22.5 Å². The highest BCUT2D eigenvalue weighted by Crippen LogP contribution is 2.22. The maximum atomic E-state index is 4.58. The Hall–Kier alpha value is -0.710. The molecule has 5 nitrogen and oxygen atoms in total. The highest BCUT2D eigenvalue weighted by Gasteiger charge is 2.15. The Kier molecular flexibility index (Phi) is 9.91. The highest BCUT2D eigenvalue weighted by atomic mass is 127. The molecule has 2 aromatic heterocycles. The highest BCUT2D eigenvalue weighted by molar-refractivity contribution is 14.0. The first-order valence-corrected chi connectivity index (χ1v) is 9.78. The van der Waals surface area contributed by atoms with E-state index in [2.05, 4.69) is 71.0 Å². The van der Waals surface area contributed by atoms with Gasteiger partial charge in [-0.15, -0.1) is 46.7 Å². The normalized spacial score (nSPS) is 12.8. The Morgan fingerprint density at radius 2 is 2.08 bits per heavy atom. The fraction of sp³-hybridized carbons (Fsp3) is 0.529. The van der Waals surface area contributed by atoms with Crippen LogP contribution in [-0.4, -0.2) is 50.1 Å². The van der Waals surface area contributed by atoms with Crippen LogP contribution in [0.1, 0.15) is 26.5 Å². The second-order valence-corrected chi connectivity index (χ2v) is 8.14. The van der Waals surface area contributed by atoms with Crippen LogP contribution < -0.4 is 10.6 Å². The van der Waals surface area contributed by atoms with E-state index in [1.54, 1.807) is 22.7 Å². The molecule has 0 bridgehead atoms. The Morgan fingerprint density at radius 1 is 1.32 bits per heavy atom. The molecule has 1 unspecified atom stereocenters. The summed E-state index contributed by atoms with van der Waals surface area (Å²) in [7, 11) is 6.02. The van der Waals surface area contributed by atoms with E-state index >= 15 is 0 Å². The number of thiophene rings is 1. The van der Waals surface area contributed by atoms with Crippen molar-refractivity contribution in [2.24, 2.45) is 4.99 Å². The quantitative estimate of drug-likeness (QED) is 0.353. The van der Waals surface area contributed by atoms with Crippen molar-refractivity contribution in [1.82, 2.24) is 20.5 Å². The zero-order chi connectivity index (χ0) is 17.5. The lowest BCUT2D eigenvalue weighted by Gasteiger charge is -2.24. The van der Waals surface area contributed by atoms with E-state index < -0.39 is 0 Å². The third-order valence-electron chi connectivity index (χ3n) is 3.89. The second kappa shape index (κ2) is 11.1. The summed E-state index contributed by atoms with van der Waals surface area (Å²) in [5, 5.41) is 10.1. The van der Waals surface area contributed by atoms with Crippen molar-refractivity contribution in [2.45, 2.75) is 26.3 Å². The maximum absolute atomic E-state index is 4.58. The molecule has 0 aliphatic rings. The molecule has 0 aromatic carbocycles. The Morgan fingerprint density at radius 3 is 2.60 bits per heavy atom. The molecule has 2 N–H and O–H groups in total. The molecule has 0 saturated heterocycles. The van der Waals surface area contributed by atoms with E-state index in [0.29, 0.717) is 6.04 Å². The van der Waals surface area contributed by atoms with Crippen molar-refractivity contribution in [2.75, 3.05) is 34.2 Å². The average Bonchev–Trinajstić information content (AvgIpc) is 3.16. The molecule has 0 aliphatic heterocycles. The summed E-state index contributed by atoms with van der Waals surface area (Å²) in [6.45, 7) is 5.84. The fourth-order valence-electron chi connectivity index (χ4n) is 2.37. The minimum atomic E-state index is 0. The largest absolute Gasteiger partial charge is 0.356 e. The summed E-state index contributed by atoms with van der Waals surface area (Å²) in [6.07, 6.45) is 0.919. The SMILES string of the molecule is CN=C(NCCc1nc(C)c(C)s1)NCC(c1cccs1)N(C)C.I. The zero-order valence-electron chi connectivity index (χ0n) is 15.5. The van der Waals surface area contributed by atoms with Gasteiger partial charge in [0, 0.05) is 36.3 Å². The van der Waals surface area contributed by atoms with Gasteiger partial charge in [-0.2, -0.15) is 0 Å². The Balaban J connectivity index is 0.00000312. The van der Waals surface area contributed by atoms with Crippen LogP contribution in [0.2, 0.25) is 0 Å². The number of nitrogens with zero attached hydrogens (tertiary/aromatic N) is 3. The number of likely N-dealkylation sites (N-methyl/N-ethyl adjacent to an activating group) is 1. The van der Waals surface area contributed by atoms with Crippen molar-refractivity contribution in [3.63, 3.8) is 0 Å². The average molecular weight is 493 g/mol. The molecule has 2 heterocycles. The van der Waals surface area contributed by atoms with E-state index in [4.69, 9.17) is 0 Å². The zero-order valence-corrected chi connectivity index (χ0v) is 19.5. The van der Waals surface area contributed by atoms with Gasteiger partial charge in [0.15, 0.2) is 5.96 Å². The van der Waals surface area contributed by atoms with Crippen LogP contribution in [0.5, 0.6) is 0 Å². The second-order valence-electron chi connectivity index (χ2n) is 5.87. The number of aromatic nitrogens is 1. The molecule has 0 saturated carbocycles. The van der Waals surface area contributed by atoms with Gasteiger partial charge in [-0.1, -0.05) is 6.07 Å². The number of nitrogens with one attached hydrogen (secondary N) is 2. The molecule has 0 aliphatic carbocycles. The molecule has 25 heavy (non-hydrogen) atoms. The van der Waals surface area contributed by atoms with Crippen LogP contribution in [0.3, 0.4) is 0 Å². The van der Waals surface area contributed by atoms with Crippen molar-refractivity contribution < 1.29 is 0 Å². The molecule has 2 aromatic rings. The Bertz CT molecular complexity index is 633. The number of aryl methyl sites for hydroxylation is 2. The first kappa shape index (κ1) is 22.3. The first-order valence-electron chi connectivity index (χ1n) is 8.08. The first-order chi connectivity index (χ1) is 11.5. The van der Waals surface area contributed by atoms with E-state index in [0.717, 1.165) is 31.2 Å². The van der Waals surface area contributed by atoms with Crippen LogP contribution >= 0.6 is 46.7 Å². The number of guanidine groups is 1. The van der Waals surface area contributed by atoms with Crippen LogP contribution in [-0.2, 0) is 6.42 Å². The van der Waals surface area contributed by atoms with E-state index in [1.165, 1.54) is 14.8 Å². The standard InChI is InChI=1S/C17H27N5S2.HI/c1-12-13(2)24-16(21-12)8-9-19-17(18-3)20-11-14(22(4)5)15-7-6-10-23-15;/h6-7,10,14H,8-9,11H2,1-5H3,(H2,18,19,20);1H. The molecule has 8 heteroatoms. The summed E-state index contributed by atoms with van der Waals surface area (Å²) in [4.78, 5) is 13.8. The lowest BCUT2D eigenvalue weighted by molar-refractivity contribution is 0.302. The molecule has 0 fully saturated rings. The maximum Gasteiger partial charge on any atom is 0.191 e. The lowest BCUT2D eigenvalue weighted by atomic mass is 10.2. The lowest BCUT2D eigenvalue weighted by Crippen LogP contribution is -2.42. The third-order valence-corrected chi connectivity index (χ3v) is 5.99. The molecular formula is C17H28IN5S2. The molecule has 1 atom stereocenters. The predicted octanol–water partition coefficient (Wildman–Crippen LogP) is 3.45. The van der Waals surface area contributed by atoms with E-state index in [9.17, 15) is 0 Å². The van der Waals surface area contributed by atoms with Gasteiger partial charge in [0.2, 0.25) is 0 Å². The fourth-order valence-corrected chi connectivity index (χ4v) is 4.22. The summed E-state index contributed by atoms with van der Waals surface area (Å²) < 4.78 is 0. The number of halogens is 1. The van der Waals surface area contributed by atoms with Gasteiger partial charge in [0.1, 0.15) is 0 Å². The third kappa shape index (κ3) is 6.84. The van der Waals surface area contributed by atoms with Crippen LogP contribution in [0.25, 0.3) is 0 Å². The molecule has 0 radical (unpaired) electrons. The molecule has 140 valence electrons. The van der Waals surface area contributed by atoms with Crippen LogP contribution in [0, 0.1) is 13.8 Å². The minimum absolute atomic E-state index is 0. The molecular weight excluding hydrogens is 465 g/mol. The van der Waals surface area contributed by atoms with Gasteiger partial charge >= 0.3 is 0 Å². The topological polar surface area (TPSA) is 52.6 Å². The van der Waals surface area contributed by atoms with Gasteiger partial charge in [-0.25, -0.2) is 4.98 Å². The molecule has 2 rings (SSSR count). The van der Waals surface area contributed by atoms with Gasteiger partial charge in [-0.3, -0.25) is 4.99 Å². The van der Waals surface area contributed by atoms with Gasteiger partial charge in [-0.05, 0) is 39.4 Å². The number of rotatable bonds is 7. The molecule has 0 spiro atoms. The van der Waals surface area contributed by atoms with Gasteiger partial charge in [0.25, 0.3) is 0 Å². The minimum Gasteiger partial charge on any atom is -0.356 e. The predicted molar refractivity (Wildman–Crippen MR) is 121 cm³/mol. The van der Waals surface area contributed by atoms with Crippen molar-refractivity contribution in [1.29, 1.82) is 0 Å². The van der Waals surface area contributed by atoms with Crippen molar-refractivity contribution in [3.05, 3.63) is 38.0 Å². The smallest absolute Gasteiger partial charge is 0.191 e. The number of thiazole rings is 1. The number of hydrogen-bond donors (Lipinski definition) is 2. The van der Waals surface area contributed by atoms with Crippen molar-refractivity contribution in [3.8, 4) is 0 Å².